The molecule has 2 nitrogen and oxygen atoms in total. The zero-order valence-electron chi connectivity index (χ0n) is 15.6. The van der Waals surface area contributed by atoms with Crippen LogP contribution in [0.2, 0.25) is 5.02 Å². The fraction of sp³-hybridized carbons (Fsp3) is 0. The largest absolute Gasteiger partial charge is 0.255 e. The lowest BCUT2D eigenvalue weighted by molar-refractivity contribution is 1.25. The molecule has 0 saturated heterocycles. The number of fused-ring (bicyclic) bond motifs is 1. The number of halogens is 1. The van der Waals surface area contributed by atoms with Gasteiger partial charge in [0.1, 0.15) is 0 Å². The molecule has 0 radical (unpaired) electrons. The summed E-state index contributed by atoms with van der Waals surface area (Å²) in [6.07, 6.45) is 3.70. The van der Waals surface area contributed by atoms with Gasteiger partial charge in [-0.25, -0.2) is 0 Å². The Bertz CT molecular complexity index is 1280. The molecule has 0 bridgehead atoms. The Morgan fingerprint density at radius 1 is 0.517 bits per heavy atom. The van der Waals surface area contributed by atoms with Crippen LogP contribution in [-0.4, -0.2) is 9.97 Å². The molecular weight excluding hydrogens is 376 g/mol. The van der Waals surface area contributed by atoms with Gasteiger partial charge in [0.05, 0.1) is 11.4 Å². The second kappa shape index (κ2) is 7.50. The van der Waals surface area contributed by atoms with Crippen molar-refractivity contribution in [2.24, 2.45) is 0 Å². The molecule has 0 saturated carbocycles. The second-order valence-corrected chi connectivity index (χ2v) is 7.37. The minimum absolute atomic E-state index is 0.749. The lowest BCUT2D eigenvalue weighted by Gasteiger charge is -2.08. The molecule has 5 aromatic rings. The third-order valence-electron chi connectivity index (χ3n) is 5.04. The number of rotatable bonds is 3. The highest BCUT2D eigenvalue weighted by Gasteiger charge is 2.05. The molecule has 5 rings (SSSR count). The molecule has 0 aliphatic rings. The van der Waals surface area contributed by atoms with Crippen molar-refractivity contribution in [1.82, 2.24) is 9.97 Å². The average molecular weight is 393 g/mol. The number of benzene rings is 3. The highest BCUT2D eigenvalue weighted by molar-refractivity contribution is 6.30. The fourth-order valence-electron chi connectivity index (χ4n) is 3.48. The van der Waals surface area contributed by atoms with E-state index in [4.69, 9.17) is 11.6 Å². The predicted octanol–water partition coefficient (Wildman–Crippen LogP) is 7.28. The fourth-order valence-corrected chi connectivity index (χ4v) is 3.60. The van der Waals surface area contributed by atoms with Crippen LogP contribution in [0, 0.1) is 0 Å². The summed E-state index contributed by atoms with van der Waals surface area (Å²) in [7, 11) is 0. The summed E-state index contributed by atoms with van der Waals surface area (Å²) >= 11 is 6.02. The van der Waals surface area contributed by atoms with Crippen molar-refractivity contribution in [3.05, 3.63) is 108 Å². The number of hydrogen-bond donors (Lipinski definition) is 0. The molecular formula is C26H17ClN2. The summed E-state index contributed by atoms with van der Waals surface area (Å²) in [6.45, 7) is 0. The van der Waals surface area contributed by atoms with E-state index in [1.807, 2.05) is 54.7 Å². The topological polar surface area (TPSA) is 25.8 Å². The summed E-state index contributed by atoms with van der Waals surface area (Å²) in [5.41, 5.74) is 6.32. The molecule has 0 aliphatic carbocycles. The van der Waals surface area contributed by atoms with Gasteiger partial charge in [0, 0.05) is 23.0 Å². The third-order valence-corrected chi connectivity index (χ3v) is 5.29. The first-order valence-corrected chi connectivity index (χ1v) is 9.82. The summed E-state index contributed by atoms with van der Waals surface area (Å²) in [6, 6.07) is 30.9. The van der Waals surface area contributed by atoms with Crippen molar-refractivity contribution in [2.45, 2.75) is 0 Å². The Morgan fingerprint density at radius 2 is 1.17 bits per heavy atom. The third kappa shape index (κ3) is 3.63. The zero-order valence-corrected chi connectivity index (χ0v) is 16.3. The summed E-state index contributed by atoms with van der Waals surface area (Å²) in [5.74, 6) is 0. The van der Waals surface area contributed by atoms with Gasteiger partial charge in [-0.05, 0) is 69.9 Å². The molecule has 3 heteroatoms. The zero-order chi connectivity index (χ0) is 19.6. The van der Waals surface area contributed by atoms with Gasteiger partial charge < -0.3 is 0 Å². The van der Waals surface area contributed by atoms with Gasteiger partial charge in [-0.1, -0.05) is 60.1 Å². The monoisotopic (exact) mass is 392 g/mol. The summed E-state index contributed by atoms with van der Waals surface area (Å²) < 4.78 is 0. The summed E-state index contributed by atoms with van der Waals surface area (Å²) in [4.78, 5) is 8.97. The molecule has 2 aromatic heterocycles. The van der Waals surface area contributed by atoms with Gasteiger partial charge in [0.15, 0.2) is 0 Å². The molecule has 29 heavy (non-hydrogen) atoms. The molecule has 2 heterocycles. The van der Waals surface area contributed by atoms with Crippen LogP contribution in [0.3, 0.4) is 0 Å². The normalized spacial score (nSPS) is 10.9. The summed E-state index contributed by atoms with van der Waals surface area (Å²) in [5, 5.41) is 3.16. The Balaban J connectivity index is 1.51. The van der Waals surface area contributed by atoms with Crippen molar-refractivity contribution >= 4 is 22.4 Å². The van der Waals surface area contributed by atoms with Crippen LogP contribution in [0.1, 0.15) is 0 Å². The van der Waals surface area contributed by atoms with Crippen LogP contribution in [0.5, 0.6) is 0 Å². The van der Waals surface area contributed by atoms with Crippen LogP contribution in [0.4, 0.5) is 0 Å². The Hall–Kier alpha value is -3.49. The Labute approximate surface area is 174 Å². The molecule has 0 atom stereocenters. The van der Waals surface area contributed by atoms with E-state index in [0.29, 0.717) is 0 Å². The first-order valence-electron chi connectivity index (χ1n) is 9.44. The van der Waals surface area contributed by atoms with Crippen molar-refractivity contribution in [1.29, 1.82) is 0 Å². The van der Waals surface area contributed by atoms with Crippen LogP contribution in [-0.2, 0) is 0 Å². The molecule has 0 amide bonds. The van der Waals surface area contributed by atoms with E-state index < -0.39 is 0 Å². The van der Waals surface area contributed by atoms with E-state index in [-0.39, 0.29) is 0 Å². The SMILES string of the molecule is Clc1ccc(-c2ccc3ccc(-c4ccc(-c5ccccn5)nc4)cc3c2)cc1. The van der Waals surface area contributed by atoms with Crippen LogP contribution >= 0.6 is 11.6 Å². The number of aromatic nitrogens is 2. The molecule has 0 aliphatic heterocycles. The van der Waals surface area contributed by atoms with Gasteiger partial charge >= 0.3 is 0 Å². The van der Waals surface area contributed by atoms with Crippen LogP contribution < -0.4 is 0 Å². The van der Waals surface area contributed by atoms with E-state index in [0.717, 1.165) is 33.1 Å². The maximum atomic E-state index is 6.02. The maximum absolute atomic E-state index is 6.02. The second-order valence-electron chi connectivity index (χ2n) is 6.93. The van der Waals surface area contributed by atoms with E-state index in [1.165, 1.54) is 16.3 Å². The van der Waals surface area contributed by atoms with Gasteiger partial charge in [0.2, 0.25) is 0 Å². The van der Waals surface area contributed by atoms with Crippen molar-refractivity contribution in [2.75, 3.05) is 0 Å². The van der Waals surface area contributed by atoms with Gasteiger partial charge in [0.25, 0.3) is 0 Å². The maximum Gasteiger partial charge on any atom is 0.0886 e. The van der Waals surface area contributed by atoms with Gasteiger partial charge in [-0.3, -0.25) is 9.97 Å². The molecule has 0 fully saturated rings. The highest BCUT2D eigenvalue weighted by atomic mass is 35.5. The lowest BCUT2D eigenvalue weighted by atomic mass is 9.98. The van der Waals surface area contributed by atoms with E-state index in [1.54, 1.807) is 6.20 Å². The molecule has 138 valence electrons. The van der Waals surface area contributed by atoms with Crippen molar-refractivity contribution in [3.63, 3.8) is 0 Å². The first kappa shape index (κ1) is 17.6. The van der Waals surface area contributed by atoms with Crippen molar-refractivity contribution in [3.8, 4) is 33.6 Å². The number of hydrogen-bond acceptors (Lipinski definition) is 2. The lowest BCUT2D eigenvalue weighted by Crippen LogP contribution is -1.87. The van der Waals surface area contributed by atoms with Crippen molar-refractivity contribution < 1.29 is 0 Å². The Morgan fingerprint density at radius 3 is 1.83 bits per heavy atom. The van der Waals surface area contributed by atoms with Crippen LogP contribution in [0.25, 0.3) is 44.4 Å². The van der Waals surface area contributed by atoms with Gasteiger partial charge in [-0.15, -0.1) is 0 Å². The smallest absolute Gasteiger partial charge is 0.0886 e. The van der Waals surface area contributed by atoms with Gasteiger partial charge in [-0.2, -0.15) is 0 Å². The minimum Gasteiger partial charge on any atom is -0.255 e. The predicted molar refractivity (Wildman–Crippen MR) is 121 cm³/mol. The highest BCUT2D eigenvalue weighted by Crippen LogP contribution is 2.29. The molecule has 0 N–H and O–H groups in total. The molecule has 3 aromatic carbocycles. The first-order chi connectivity index (χ1) is 14.3. The van der Waals surface area contributed by atoms with E-state index in [9.17, 15) is 0 Å². The molecule has 0 spiro atoms. The number of pyridine rings is 2. The van der Waals surface area contributed by atoms with E-state index in [2.05, 4.69) is 52.4 Å². The standard InChI is InChI=1S/C26H17ClN2/c27-24-11-8-18(9-12-24)20-6-4-19-5-7-21(16-23(19)15-20)22-10-13-26(29-17-22)25-3-1-2-14-28-25/h1-17H. The van der Waals surface area contributed by atoms with E-state index >= 15 is 0 Å². The average Bonchev–Trinajstić information content (AvgIpc) is 2.79. The Kier molecular flexibility index (Phi) is 4.55. The van der Waals surface area contributed by atoms with Crippen LogP contribution in [0.15, 0.2) is 103 Å². The number of nitrogens with zero attached hydrogens (tertiary/aromatic N) is 2. The molecule has 0 unspecified atom stereocenters. The quantitative estimate of drug-likeness (QED) is 0.322. The minimum atomic E-state index is 0.749.